The molecule has 35 heavy (non-hydrogen) atoms. The first-order valence-corrected chi connectivity index (χ1v) is 11.5. The van der Waals surface area contributed by atoms with Gasteiger partial charge in [-0.2, -0.15) is 4.98 Å². The van der Waals surface area contributed by atoms with Crippen molar-refractivity contribution in [3.05, 3.63) is 108 Å². The van der Waals surface area contributed by atoms with Crippen LogP contribution in [0.1, 0.15) is 30.0 Å². The second kappa shape index (κ2) is 9.85. The number of allylic oxidation sites excluding steroid dienone is 1. The van der Waals surface area contributed by atoms with E-state index >= 15 is 0 Å². The van der Waals surface area contributed by atoms with Crippen molar-refractivity contribution >= 4 is 11.6 Å². The fourth-order valence-electron chi connectivity index (χ4n) is 4.32. The maximum Gasteiger partial charge on any atom is 0.322 e. The van der Waals surface area contributed by atoms with Gasteiger partial charge in [0.05, 0.1) is 18.7 Å². The van der Waals surface area contributed by atoms with Gasteiger partial charge in [-0.1, -0.05) is 78.0 Å². The number of nitrogens with zero attached hydrogens (tertiary/aromatic N) is 3. The van der Waals surface area contributed by atoms with Crippen molar-refractivity contribution in [3.8, 4) is 17.1 Å². The quantitative estimate of drug-likeness (QED) is 0.390. The third-order valence-corrected chi connectivity index (χ3v) is 6.18. The van der Waals surface area contributed by atoms with Crippen LogP contribution in [0, 0.1) is 0 Å². The molecule has 0 saturated heterocycles. The number of carbonyl (C=O) groups is 1. The molecule has 0 spiro atoms. The number of aromatic nitrogens is 2. The number of hydrogen-bond donors (Lipinski definition) is 1. The molecule has 1 atom stereocenters. The molecule has 1 aromatic heterocycles. The van der Waals surface area contributed by atoms with E-state index in [1.165, 1.54) is 0 Å². The molecule has 1 unspecified atom stereocenters. The molecule has 7 nitrogen and oxygen atoms in total. The van der Waals surface area contributed by atoms with E-state index < -0.39 is 6.04 Å². The minimum atomic E-state index is -0.407. The molecule has 176 valence electrons. The van der Waals surface area contributed by atoms with Crippen molar-refractivity contribution in [2.24, 2.45) is 0 Å². The molecular formula is C28H26N4O3. The summed E-state index contributed by atoms with van der Waals surface area (Å²) in [5, 5.41) is 7.38. The highest BCUT2D eigenvalue weighted by atomic mass is 16.5. The van der Waals surface area contributed by atoms with Gasteiger partial charge in [0, 0.05) is 17.8 Å². The first-order valence-electron chi connectivity index (χ1n) is 11.5. The fraction of sp³-hybridized carbons (Fsp3) is 0.179. The van der Waals surface area contributed by atoms with Crippen LogP contribution in [0.3, 0.4) is 0 Å². The van der Waals surface area contributed by atoms with Gasteiger partial charge in [-0.15, -0.1) is 0 Å². The molecule has 2 heterocycles. The van der Waals surface area contributed by atoms with Crippen molar-refractivity contribution < 1.29 is 14.1 Å². The van der Waals surface area contributed by atoms with Gasteiger partial charge < -0.3 is 14.6 Å². The highest BCUT2D eigenvalue weighted by Crippen LogP contribution is 2.37. The zero-order chi connectivity index (χ0) is 24.2. The molecule has 1 N–H and O–H groups in total. The first-order chi connectivity index (χ1) is 17.1. The summed E-state index contributed by atoms with van der Waals surface area (Å²) in [7, 11) is 1.62. The molecule has 2 amide bonds. The Balaban J connectivity index is 1.53. The molecule has 4 aromatic rings. The Morgan fingerprint density at radius 1 is 1.00 bits per heavy atom. The number of amides is 2. The number of carbonyl (C=O) groups excluding carboxylic acids is 1. The van der Waals surface area contributed by atoms with Crippen molar-refractivity contribution in [1.82, 2.24) is 20.4 Å². The SMILES string of the molecule is COc1cccc(-c2noc(C3=C(C)N(CCc4ccccc4)C(=O)NC3c3ccccc3)n2)c1. The van der Waals surface area contributed by atoms with E-state index in [4.69, 9.17) is 14.2 Å². The third kappa shape index (κ3) is 4.66. The van der Waals surface area contributed by atoms with Crippen LogP contribution in [0.4, 0.5) is 4.79 Å². The van der Waals surface area contributed by atoms with Gasteiger partial charge in [0.2, 0.25) is 5.82 Å². The topological polar surface area (TPSA) is 80.5 Å². The minimum absolute atomic E-state index is 0.149. The van der Waals surface area contributed by atoms with E-state index in [0.29, 0.717) is 24.0 Å². The number of ether oxygens (including phenoxy) is 1. The van der Waals surface area contributed by atoms with Gasteiger partial charge in [0.1, 0.15) is 5.75 Å². The molecular weight excluding hydrogens is 440 g/mol. The Hall–Kier alpha value is -4.39. The van der Waals surface area contributed by atoms with Crippen LogP contribution in [0.15, 0.2) is 95.1 Å². The maximum atomic E-state index is 13.2. The van der Waals surface area contributed by atoms with Crippen LogP contribution in [0.2, 0.25) is 0 Å². The lowest BCUT2D eigenvalue weighted by molar-refractivity contribution is 0.205. The summed E-state index contributed by atoms with van der Waals surface area (Å²) in [6.07, 6.45) is 0.730. The second-order valence-electron chi connectivity index (χ2n) is 8.33. The van der Waals surface area contributed by atoms with E-state index in [0.717, 1.165) is 34.4 Å². The van der Waals surface area contributed by atoms with Crippen molar-refractivity contribution in [2.75, 3.05) is 13.7 Å². The van der Waals surface area contributed by atoms with E-state index in [1.54, 1.807) is 12.0 Å². The highest BCUT2D eigenvalue weighted by molar-refractivity contribution is 5.86. The first kappa shape index (κ1) is 22.4. The zero-order valence-electron chi connectivity index (χ0n) is 19.6. The van der Waals surface area contributed by atoms with Crippen molar-refractivity contribution in [2.45, 2.75) is 19.4 Å². The average Bonchev–Trinajstić information content (AvgIpc) is 3.39. The molecule has 0 saturated carbocycles. The lowest BCUT2D eigenvalue weighted by atomic mass is 9.94. The Bertz CT molecular complexity index is 1350. The summed E-state index contributed by atoms with van der Waals surface area (Å²) >= 11 is 0. The Morgan fingerprint density at radius 3 is 2.49 bits per heavy atom. The molecule has 0 radical (unpaired) electrons. The maximum absolute atomic E-state index is 13.2. The largest absolute Gasteiger partial charge is 0.497 e. The van der Waals surface area contributed by atoms with E-state index in [2.05, 4.69) is 22.6 Å². The second-order valence-corrected chi connectivity index (χ2v) is 8.33. The fourth-order valence-corrected chi connectivity index (χ4v) is 4.32. The van der Waals surface area contributed by atoms with Crippen LogP contribution in [0.25, 0.3) is 17.0 Å². The number of urea groups is 1. The summed E-state index contributed by atoms with van der Waals surface area (Å²) in [5.41, 5.74) is 4.47. The molecule has 7 heteroatoms. The summed E-state index contributed by atoms with van der Waals surface area (Å²) < 4.78 is 11.1. The van der Waals surface area contributed by atoms with E-state index in [9.17, 15) is 4.79 Å². The third-order valence-electron chi connectivity index (χ3n) is 6.18. The molecule has 1 aliphatic heterocycles. The van der Waals surface area contributed by atoms with Crippen LogP contribution < -0.4 is 10.1 Å². The molecule has 1 aliphatic rings. The molecule has 5 rings (SSSR count). The highest BCUT2D eigenvalue weighted by Gasteiger charge is 2.35. The Labute approximate surface area is 204 Å². The predicted octanol–water partition coefficient (Wildman–Crippen LogP) is 5.49. The predicted molar refractivity (Wildman–Crippen MR) is 133 cm³/mol. The van der Waals surface area contributed by atoms with Crippen LogP contribution in [0.5, 0.6) is 5.75 Å². The summed E-state index contributed by atoms with van der Waals surface area (Å²) in [4.78, 5) is 19.6. The van der Waals surface area contributed by atoms with Gasteiger partial charge >= 0.3 is 6.03 Å². The Kier molecular flexibility index (Phi) is 6.30. The van der Waals surface area contributed by atoms with E-state index in [-0.39, 0.29) is 6.03 Å². The van der Waals surface area contributed by atoms with Crippen LogP contribution in [-0.2, 0) is 6.42 Å². The van der Waals surface area contributed by atoms with Gasteiger partial charge in [0.25, 0.3) is 5.89 Å². The van der Waals surface area contributed by atoms with Crippen molar-refractivity contribution in [3.63, 3.8) is 0 Å². The van der Waals surface area contributed by atoms with Crippen LogP contribution in [-0.4, -0.2) is 34.7 Å². The summed E-state index contributed by atoms with van der Waals surface area (Å²) in [6, 6.07) is 26.9. The standard InChI is InChI=1S/C28H26N4O3/c1-19-24(27-30-26(31-35-27)22-14-9-15-23(18-22)34-2)25(21-12-7-4-8-13-21)29-28(33)32(19)17-16-20-10-5-3-6-11-20/h3-15,18,25H,16-17H2,1-2H3,(H,29,33). The summed E-state index contributed by atoms with van der Waals surface area (Å²) in [5.74, 6) is 1.54. The van der Waals surface area contributed by atoms with Gasteiger partial charge in [-0.3, -0.25) is 4.90 Å². The van der Waals surface area contributed by atoms with E-state index in [1.807, 2.05) is 79.7 Å². The number of methoxy groups -OCH3 is 1. The number of benzene rings is 3. The van der Waals surface area contributed by atoms with Gasteiger partial charge in [-0.25, -0.2) is 4.79 Å². The molecule has 0 aliphatic carbocycles. The number of hydrogen-bond acceptors (Lipinski definition) is 5. The lowest BCUT2D eigenvalue weighted by Gasteiger charge is -2.35. The van der Waals surface area contributed by atoms with Crippen LogP contribution >= 0.6 is 0 Å². The molecule has 0 fully saturated rings. The normalized spacial score (nSPS) is 15.8. The van der Waals surface area contributed by atoms with Crippen molar-refractivity contribution in [1.29, 1.82) is 0 Å². The Morgan fingerprint density at radius 2 is 1.74 bits per heavy atom. The lowest BCUT2D eigenvalue weighted by Crippen LogP contribution is -2.46. The number of rotatable bonds is 7. The monoisotopic (exact) mass is 466 g/mol. The van der Waals surface area contributed by atoms with Gasteiger partial charge in [0.15, 0.2) is 0 Å². The molecule has 3 aromatic carbocycles. The zero-order valence-corrected chi connectivity index (χ0v) is 19.6. The number of nitrogens with one attached hydrogen (secondary N) is 1. The average molecular weight is 467 g/mol. The molecule has 0 bridgehead atoms. The minimum Gasteiger partial charge on any atom is -0.497 e. The summed E-state index contributed by atoms with van der Waals surface area (Å²) in [6.45, 7) is 2.47. The smallest absolute Gasteiger partial charge is 0.322 e. The van der Waals surface area contributed by atoms with Gasteiger partial charge in [-0.05, 0) is 36.6 Å².